The number of aryl methyl sites for hydroxylation is 3. The molecule has 0 saturated carbocycles. The first-order valence-electron chi connectivity index (χ1n) is 7.80. The van der Waals surface area contributed by atoms with Gasteiger partial charge in [0, 0.05) is 17.9 Å². The topological polar surface area (TPSA) is 32.3 Å². The molecule has 116 valence electrons. The number of anilines is 2. The summed E-state index contributed by atoms with van der Waals surface area (Å²) in [5.41, 5.74) is 5.25. The van der Waals surface area contributed by atoms with Crippen molar-refractivity contribution < 1.29 is 4.79 Å². The van der Waals surface area contributed by atoms with Crippen LogP contribution in [-0.4, -0.2) is 12.6 Å². The van der Waals surface area contributed by atoms with E-state index in [1.54, 1.807) is 4.90 Å². The highest BCUT2D eigenvalue weighted by molar-refractivity contribution is 6.02. The van der Waals surface area contributed by atoms with E-state index in [2.05, 4.69) is 18.3 Å². The summed E-state index contributed by atoms with van der Waals surface area (Å²) in [6, 6.07) is 14.0. The lowest BCUT2D eigenvalue weighted by molar-refractivity contribution is 0.257. The maximum absolute atomic E-state index is 12.7. The van der Waals surface area contributed by atoms with Crippen LogP contribution in [0, 0.1) is 13.8 Å². The second kappa shape index (κ2) is 7.12. The van der Waals surface area contributed by atoms with E-state index in [-0.39, 0.29) is 6.03 Å². The average Bonchev–Trinajstić information content (AvgIpc) is 2.50. The van der Waals surface area contributed by atoms with Crippen LogP contribution >= 0.6 is 0 Å². The van der Waals surface area contributed by atoms with Gasteiger partial charge in [0.25, 0.3) is 0 Å². The molecule has 2 amide bonds. The van der Waals surface area contributed by atoms with Crippen LogP contribution in [0.4, 0.5) is 16.2 Å². The molecule has 0 bridgehead atoms. The van der Waals surface area contributed by atoms with Gasteiger partial charge in [0.15, 0.2) is 0 Å². The lowest BCUT2D eigenvalue weighted by Crippen LogP contribution is -2.35. The van der Waals surface area contributed by atoms with Gasteiger partial charge in [-0.2, -0.15) is 0 Å². The number of para-hydroxylation sites is 1. The van der Waals surface area contributed by atoms with Crippen LogP contribution in [0.2, 0.25) is 0 Å². The summed E-state index contributed by atoms with van der Waals surface area (Å²) in [7, 11) is 0. The Morgan fingerprint density at radius 3 is 2.45 bits per heavy atom. The number of carbonyl (C=O) groups excluding carboxylic acids is 1. The number of hydrogen-bond donors (Lipinski definition) is 1. The standard InChI is InChI=1S/C19H24N2O/c1-5-16-11-8-10-15(4)18(16)20-19(22)21(6-2)17-12-7-9-14(3)13-17/h7-13H,5-6H2,1-4H3,(H,20,22). The predicted molar refractivity (Wildman–Crippen MR) is 93.8 cm³/mol. The van der Waals surface area contributed by atoms with Gasteiger partial charge in [0.2, 0.25) is 0 Å². The van der Waals surface area contributed by atoms with Crippen molar-refractivity contribution in [1.82, 2.24) is 0 Å². The minimum Gasteiger partial charge on any atom is -0.307 e. The smallest absolute Gasteiger partial charge is 0.307 e. The molecule has 3 heteroatoms. The molecular weight excluding hydrogens is 272 g/mol. The van der Waals surface area contributed by atoms with Crippen LogP contribution in [0.1, 0.15) is 30.5 Å². The summed E-state index contributed by atoms with van der Waals surface area (Å²) in [5, 5.41) is 3.09. The molecule has 3 nitrogen and oxygen atoms in total. The number of nitrogens with one attached hydrogen (secondary N) is 1. The molecule has 0 unspecified atom stereocenters. The van der Waals surface area contributed by atoms with Gasteiger partial charge in [-0.15, -0.1) is 0 Å². The maximum Gasteiger partial charge on any atom is 0.326 e. The van der Waals surface area contributed by atoms with Crippen LogP contribution in [0.25, 0.3) is 0 Å². The molecule has 0 aliphatic heterocycles. The van der Waals surface area contributed by atoms with E-state index in [1.165, 1.54) is 0 Å². The molecule has 0 aliphatic carbocycles. The summed E-state index contributed by atoms with van der Waals surface area (Å²) in [4.78, 5) is 14.5. The van der Waals surface area contributed by atoms with Gasteiger partial charge in [-0.05, 0) is 56.0 Å². The van der Waals surface area contributed by atoms with Crippen LogP contribution in [-0.2, 0) is 6.42 Å². The summed E-state index contributed by atoms with van der Waals surface area (Å²) in [6.45, 7) is 8.77. The van der Waals surface area contributed by atoms with E-state index in [1.807, 2.05) is 57.2 Å². The van der Waals surface area contributed by atoms with Gasteiger partial charge < -0.3 is 5.32 Å². The van der Waals surface area contributed by atoms with Crippen molar-refractivity contribution in [3.8, 4) is 0 Å². The molecule has 2 aromatic rings. The molecule has 2 rings (SSSR count). The van der Waals surface area contributed by atoms with E-state index in [4.69, 9.17) is 0 Å². The van der Waals surface area contributed by atoms with E-state index < -0.39 is 0 Å². The first kappa shape index (κ1) is 16.1. The Labute approximate surface area is 133 Å². The van der Waals surface area contributed by atoms with Crippen LogP contribution in [0.3, 0.4) is 0 Å². The van der Waals surface area contributed by atoms with Crippen molar-refractivity contribution in [2.45, 2.75) is 34.1 Å². The quantitative estimate of drug-likeness (QED) is 0.853. The summed E-state index contributed by atoms with van der Waals surface area (Å²) in [5.74, 6) is 0. The fraction of sp³-hybridized carbons (Fsp3) is 0.316. The van der Waals surface area contributed by atoms with Gasteiger partial charge in [-0.3, -0.25) is 4.90 Å². The van der Waals surface area contributed by atoms with Crippen molar-refractivity contribution in [3.05, 3.63) is 59.2 Å². The monoisotopic (exact) mass is 296 g/mol. The fourth-order valence-corrected chi connectivity index (χ4v) is 2.62. The molecule has 22 heavy (non-hydrogen) atoms. The minimum absolute atomic E-state index is 0.0860. The SMILES string of the molecule is CCc1cccc(C)c1NC(=O)N(CC)c1cccc(C)c1. The average molecular weight is 296 g/mol. The number of nitrogens with zero attached hydrogens (tertiary/aromatic N) is 1. The lowest BCUT2D eigenvalue weighted by atomic mass is 10.1. The molecule has 0 spiro atoms. The number of carbonyl (C=O) groups is 1. The Morgan fingerprint density at radius 1 is 1.09 bits per heavy atom. The van der Waals surface area contributed by atoms with Crippen molar-refractivity contribution >= 4 is 17.4 Å². The summed E-state index contributed by atoms with van der Waals surface area (Å²) in [6.07, 6.45) is 0.897. The molecule has 0 atom stereocenters. The normalized spacial score (nSPS) is 10.4. The molecule has 0 aromatic heterocycles. The number of benzene rings is 2. The maximum atomic E-state index is 12.7. The van der Waals surface area contributed by atoms with Crippen molar-refractivity contribution in [2.75, 3.05) is 16.8 Å². The van der Waals surface area contributed by atoms with E-state index in [9.17, 15) is 4.79 Å². The van der Waals surface area contributed by atoms with Gasteiger partial charge in [0.05, 0.1) is 0 Å². The van der Waals surface area contributed by atoms with Gasteiger partial charge >= 0.3 is 6.03 Å². The Kier molecular flexibility index (Phi) is 5.21. The lowest BCUT2D eigenvalue weighted by Gasteiger charge is -2.23. The third kappa shape index (κ3) is 3.48. The molecule has 0 heterocycles. The first-order valence-corrected chi connectivity index (χ1v) is 7.80. The number of hydrogen-bond acceptors (Lipinski definition) is 1. The third-order valence-electron chi connectivity index (χ3n) is 3.85. The van der Waals surface area contributed by atoms with Gasteiger partial charge in [-0.1, -0.05) is 37.3 Å². The largest absolute Gasteiger partial charge is 0.326 e. The van der Waals surface area contributed by atoms with Crippen LogP contribution in [0.15, 0.2) is 42.5 Å². The molecular formula is C19H24N2O. The Bertz CT molecular complexity index is 664. The summed E-state index contributed by atoms with van der Waals surface area (Å²) < 4.78 is 0. The molecule has 1 N–H and O–H groups in total. The number of rotatable bonds is 4. The van der Waals surface area contributed by atoms with Crippen LogP contribution in [0.5, 0.6) is 0 Å². The van der Waals surface area contributed by atoms with E-state index >= 15 is 0 Å². The highest BCUT2D eigenvalue weighted by Gasteiger charge is 2.16. The Hall–Kier alpha value is -2.29. The van der Waals surface area contributed by atoms with E-state index in [0.717, 1.165) is 34.5 Å². The minimum atomic E-state index is -0.0860. The molecule has 0 aliphatic rings. The zero-order valence-electron chi connectivity index (χ0n) is 13.8. The second-order valence-corrected chi connectivity index (χ2v) is 5.48. The molecule has 0 radical (unpaired) electrons. The molecule has 2 aromatic carbocycles. The summed E-state index contributed by atoms with van der Waals surface area (Å²) >= 11 is 0. The molecule has 0 saturated heterocycles. The van der Waals surface area contributed by atoms with Gasteiger partial charge in [-0.25, -0.2) is 4.79 Å². The van der Waals surface area contributed by atoms with Crippen LogP contribution < -0.4 is 10.2 Å². The first-order chi connectivity index (χ1) is 10.6. The van der Waals surface area contributed by atoms with Crippen molar-refractivity contribution in [3.63, 3.8) is 0 Å². The predicted octanol–water partition coefficient (Wildman–Crippen LogP) is 4.92. The highest BCUT2D eigenvalue weighted by atomic mass is 16.2. The third-order valence-corrected chi connectivity index (χ3v) is 3.85. The fourth-order valence-electron chi connectivity index (χ4n) is 2.62. The van der Waals surface area contributed by atoms with E-state index in [0.29, 0.717) is 6.54 Å². The van der Waals surface area contributed by atoms with Crippen molar-refractivity contribution in [1.29, 1.82) is 0 Å². The number of amides is 2. The Morgan fingerprint density at radius 2 is 1.82 bits per heavy atom. The molecule has 0 fully saturated rings. The second-order valence-electron chi connectivity index (χ2n) is 5.48. The van der Waals surface area contributed by atoms with Crippen molar-refractivity contribution in [2.24, 2.45) is 0 Å². The zero-order chi connectivity index (χ0) is 16.1. The zero-order valence-corrected chi connectivity index (χ0v) is 13.8. The van der Waals surface area contributed by atoms with Gasteiger partial charge in [0.1, 0.15) is 0 Å². The highest BCUT2D eigenvalue weighted by Crippen LogP contribution is 2.23. The number of urea groups is 1. The Balaban J connectivity index is 2.27.